The molecule has 1 aliphatic heterocycles. The summed E-state index contributed by atoms with van der Waals surface area (Å²) in [6, 6.07) is 7.23. The average molecular weight is 509 g/mol. The first-order chi connectivity index (χ1) is 16.7. The summed E-state index contributed by atoms with van der Waals surface area (Å²) >= 11 is 0.965. The molecule has 0 aliphatic carbocycles. The van der Waals surface area contributed by atoms with Crippen LogP contribution in [0.5, 0.6) is 5.75 Å². The highest BCUT2D eigenvalue weighted by molar-refractivity contribution is 8.14. The molecular weight excluding hydrogens is 476 g/mol. The van der Waals surface area contributed by atoms with Gasteiger partial charge in [-0.2, -0.15) is 0 Å². The van der Waals surface area contributed by atoms with Crippen molar-refractivity contribution in [3.63, 3.8) is 0 Å². The lowest BCUT2D eigenvalue weighted by atomic mass is 9.85. The Hall–Kier alpha value is -2.89. The highest BCUT2D eigenvalue weighted by Gasteiger charge is 2.43. The van der Waals surface area contributed by atoms with Crippen LogP contribution in [0, 0.1) is 5.41 Å². The van der Waals surface area contributed by atoms with Gasteiger partial charge in [0.05, 0.1) is 20.8 Å². The van der Waals surface area contributed by atoms with E-state index >= 15 is 0 Å². The van der Waals surface area contributed by atoms with E-state index in [1.165, 1.54) is 7.11 Å². The van der Waals surface area contributed by atoms with Gasteiger partial charge in [-0.05, 0) is 18.2 Å². The molecule has 1 aromatic rings. The molecule has 2 atom stereocenters. The molecule has 1 heterocycles. The zero-order valence-corrected chi connectivity index (χ0v) is 21.1. The summed E-state index contributed by atoms with van der Waals surface area (Å²) < 4.78 is 21.4. The fourth-order valence-corrected chi connectivity index (χ4v) is 3.71. The summed E-state index contributed by atoms with van der Waals surface area (Å²) in [5.41, 5.74) is 0.220. The molecular formula is C24H32N2O8S. The lowest BCUT2D eigenvalue weighted by Crippen LogP contribution is -2.52. The van der Waals surface area contributed by atoms with E-state index in [1.54, 1.807) is 19.2 Å². The van der Waals surface area contributed by atoms with E-state index in [-0.39, 0.29) is 36.4 Å². The van der Waals surface area contributed by atoms with Crippen molar-refractivity contribution >= 4 is 34.7 Å². The van der Waals surface area contributed by atoms with Crippen LogP contribution in [-0.4, -0.2) is 68.7 Å². The second kappa shape index (κ2) is 13.9. The number of hydrogen-bond acceptors (Lipinski definition) is 9. The molecule has 192 valence electrons. The smallest absolute Gasteiger partial charge is 0.330 e. The molecule has 1 unspecified atom stereocenters. The maximum Gasteiger partial charge on any atom is 0.330 e. The van der Waals surface area contributed by atoms with Crippen molar-refractivity contribution in [2.24, 2.45) is 5.41 Å². The number of rotatable bonds is 11. The van der Waals surface area contributed by atoms with Crippen LogP contribution in [0.15, 0.2) is 36.4 Å². The molecule has 1 saturated heterocycles. The van der Waals surface area contributed by atoms with Gasteiger partial charge in [-0.3, -0.25) is 14.4 Å². The van der Waals surface area contributed by atoms with Gasteiger partial charge in [0.15, 0.2) is 6.29 Å². The SMILES string of the molecule is COC(=O)/C=C/C(=O)SCCNC(=O)CCNC(=O)[C@@H]1OC(c2ccc(OC)cc2)OCC1(C)C. The van der Waals surface area contributed by atoms with Gasteiger partial charge in [0.2, 0.25) is 16.9 Å². The maximum atomic E-state index is 12.8. The van der Waals surface area contributed by atoms with Gasteiger partial charge in [-0.1, -0.05) is 37.7 Å². The number of carbonyl (C=O) groups is 4. The summed E-state index contributed by atoms with van der Waals surface area (Å²) in [6.07, 6.45) is 0.798. The molecule has 0 saturated carbocycles. The fraction of sp³-hybridized carbons (Fsp3) is 0.500. The predicted octanol–water partition coefficient (Wildman–Crippen LogP) is 1.75. The van der Waals surface area contributed by atoms with Gasteiger partial charge in [-0.25, -0.2) is 4.79 Å². The van der Waals surface area contributed by atoms with Crippen molar-refractivity contribution in [3.8, 4) is 5.75 Å². The van der Waals surface area contributed by atoms with Crippen LogP contribution < -0.4 is 15.4 Å². The second-order valence-electron chi connectivity index (χ2n) is 8.34. The number of hydrogen-bond donors (Lipinski definition) is 2. The molecule has 2 N–H and O–H groups in total. The summed E-state index contributed by atoms with van der Waals surface area (Å²) in [7, 11) is 2.80. The minimum Gasteiger partial charge on any atom is -0.497 e. The third kappa shape index (κ3) is 9.35. The van der Waals surface area contributed by atoms with E-state index in [0.29, 0.717) is 18.1 Å². The minimum atomic E-state index is -0.758. The number of thioether (sulfide) groups is 1. The third-order valence-corrected chi connectivity index (χ3v) is 5.91. The summed E-state index contributed by atoms with van der Waals surface area (Å²) in [4.78, 5) is 47.4. The van der Waals surface area contributed by atoms with Gasteiger partial charge < -0.3 is 29.6 Å². The molecule has 0 bridgehead atoms. The van der Waals surface area contributed by atoms with E-state index in [1.807, 2.05) is 26.0 Å². The molecule has 0 radical (unpaired) electrons. The molecule has 2 amide bonds. The van der Waals surface area contributed by atoms with E-state index in [9.17, 15) is 19.2 Å². The van der Waals surface area contributed by atoms with Crippen LogP contribution in [0.3, 0.4) is 0 Å². The quantitative estimate of drug-likeness (QED) is 0.261. The zero-order chi connectivity index (χ0) is 25.8. The molecule has 10 nitrogen and oxygen atoms in total. The molecule has 1 aliphatic rings. The van der Waals surface area contributed by atoms with Gasteiger partial charge in [-0.15, -0.1) is 0 Å². The topological polar surface area (TPSA) is 129 Å². The Kier molecular flexibility index (Phi) is 11.2. The Morgan fingerprint density at radius 1 is 1.09 bits per heavy atom. The number of methoxy groups -OCH3 is 2. The van der Waals surface area contributed by atoms with Gasteiger partial charge in [0.1, 0.15) is 11.9 Å². The molecule has 35 heavy (non-hydrogen) atoms. The van der Waals surface area contributed by atoms with Crippen LogP contribution in [0.4, 0.5) is 0 Å². The van der Waals surface area contributed by atoms with Crippen LogP contribution >= 0.6 is 11.8 Å². The van der Waals surface area contributed by atoms with E-state index in [4.69, 9.17) is 14.2 Å². The number of esters is 1. The second-order valence-corrected chi connectivity index (χ2v) is 9.44. The highest BCUT2D eigenvalue weighted by atomic mass is 32.2. The third-order valence-electron chi connectivity index (χ3n) is 5.08. The summed E-state index contributed by atoms with van der Waals surface area (Å²) in [5.74, 6) is -0.132. The Bertz CT molecular complexity index is 917. The first kappa shape index (κ1) is 28.3. The molecule has 11 heteroatoms. The first-order valence-corrected chi connectivity index (χ1v) is 12.0. The van der Waals surface area contributed by atoms with E-state index < -0.39 is 23.8 Å². The zero-order valence-electron chi connectivity index (χ0n) is 20.3. The Morgan fingerprint density at radius 2 is 1.80 bits per heavy atom. The fourth-order valence-electron chi connectivity index (χ4n) is 3.14. The average Bonchev–Trinajstić information content (AvgIpc) is 2.85. The van der Waals surface area contributed by atoms with Gasteiger partial charge in [0.25, 0.3) is 0 Å². The Labute approximate surface area is 209 Å². The van der Waals surface area contributed by atoms with Crippen molar-refractivity contribution in [2.75, 3.05) is 39.7 Å². The minimum absolute atomic E-state index is 0.0815. The van der Waals surface area contributed by atoms with Crippen molar-refractivity contribution < 1.29 is 38.1 Å². The normalized spacial score (nSPS) is 19.1. The van der Waals surface area contributed by atoms with Crippen molar-refractivity contribution in [3.05, 3.63) is 42.0 Å². The number of nitrogens with one attached hydrogen (secondary N) is 2. The van der Waals surface area contributed by atoms with Crippen LogP contribution in [0.25, 0.3) is 0 Å². The molecule has 0 aromatic heterocycles. The molecule has 1 fully saturated rings. The summed E-state index contributed by atoms with van der Waals surface area (Å²) in [6.45, 7) is 4.51. The lowest BCUT2D eigenvalue weighted by Gasteiger charge is -2.41. The van der Waals surface area contributed by atoms with Gasteiger partial charge in [0, 0.05) is 42.3 Å². The molecule has 0 spiro atoms. The number of amides is 2. The standard InChI is InChI=1S/C24H32N2O8S/c1-24(2)15-33-23(16-5-7-17(31-3)8-6-16)34-21(24)22(30)26-12-11-18(27)25-13-14-35-20(29)10-9-19(28)32-4/h5-10,21,23H,11-15H2,1-4H3,(H,25,27)(H,26,30)/b10-9+/t21-,23?/m0/s1. The van der Waals surface area contributed by atoms with Crippen LogP contribution in [0.1, 0.15) is 32.1 Å². The number of carbonyl (C=O) groups excluding carboxylic acids is 4. The first-order valence-electron chi connectivity index (χ1n) is 11.0. The molecule has 2 rings (SSSR count). The monoisotopic (exact) mass is 508 g/mol. The van der Waals surface area contributed by atoms with Crippen molar-refractivity contribution in [2.45, 2.75) is 32.7 Å². The van der Waals surface area contributed by atoms with Crippen LogP contribution in [-0.2, 0) is 33.4 Å². The Balaban J connectivity index is 1.73. The highest BCUT2D eigenvalue weighted by Crippen LogP contribution is 2.36. The van der Waals surface area contributed by atoms with Crippen LogP contribution in [0.2, 0.25) is 0 Å². The largest absolute Gasteiger partial charge is 0.497 e. The lowest BCUT2D eigenvalue weighted by molar-refractivity contribution is -0.258. The predicted molar refractivity (Wildman–Crippen MR) is 130 cm³/mol. The maximum absolute atomic E-state index is 12.8. The molecule has 1 aromatic carbocycles. The van der Waals surface area contributed by atoms with E-state index in [2.05, 4.69) is 15.4 Å². The van der Waals surface area contributed by atoms with Crippen molar-refractivity contribution in [1.29, 1.82) is 0 Å². The summed E-state index contributed by atoms with van der Waals surface area (Å²) in [5, 5.41) is 5.12. The number of ether oxygens (including phenoxy) is 4. The Morgan fingerprint density at radius 3 is 2.46 bits per heavy atom. The van der Waals surface area contributed by atoms with Crippen molar-refractivity contribution in [1.82, 2.24) is 10.6 Å². The van der Waals surface area contributed by atoms with Gasteiger partial charge >= 0.3 is 5.97 Å². The number of benzene rings is 1. The van der Waals surface area contributed by atoms with E-state index in [0.717, 1.165) is 29.5 Å².